The van der Waals surface area contributed by atoms with Gasteiger partial charge in [0, 0.05) is 34.8 Å². The normalized spacial score (nSPS) is 19.6. The third-order valence-electron chi connectivity index (χ3n) is 4.87. The van der Waals surface area contributed by atoms with Gasteiger partial charge in [-0.2, -0.15) is 0 Å². The fourth-order valence-electron chi connectivity index (χ4n) is 3.66. The number of nitrogens with one attached hydrogen (secondary N) is 1. The van der Waals surface area contributed by atoms with Gasteiger partial charge in [-0.3, -0.25) is 4.98 Å². The number of benzene rings is 1. The number of hydrogen-bond acceptors (Lipinski definition) is 2. The molecular weight excluding hydrogens is 376 g/mol. The highest BCUT2D eigenvalue weighted by Crippen LogP contribution is 2.42. The summed E-state index contributed by atoms with van der Waals surface area (Å²) in [5.41, 5.74) is 3.18. The summed E-state index contributed by atoms with van der Waals surface area (Å²) in [5.74, 6) is 0. The van der Waals surface area contributed by atoms with Gasteiger partial charge in [-0.05, 0) is 74.6 Å². The molecule has 1 saturated heterocycles. The van der Waals surface area contributed by atoms with Gasteiger partial charge in [-0.25, -0.2) is 0 Å². The molecule has 1 fully saturated rings. The number of halogens is 1. The maximum absolute atomic E-state index is 6.10. The zero-order valence-corrected chi connectivity index (χ0v) is 16.8. The Morgan fingerprint density at radius 3 is 2.52 bits per heavy atom. The third-order valence-corrected chi connectivity index (χ3v) is 5.44. The Kier molecular flexibility index (Phi) is 4.89. The molecule has 3 heterocycles. The highest BCUT2D eigenvalue weighted by Gasteiger charge is 2.42. The van der Waals surface area contributed by atoms with Crippen LogP contribution in [0.2, 0.25) is 5.02 Å². The van der Waals surface area contributed by atoms with Crippen LogP contribution in [0.25, 0.3) is 0 Å². The summed E-state index contributed by atoms with van der Waals surface area (Å²) < 4.78 is 2.29. The maximum atomic E-state index is 6.10. The molecule has 0 bridgehead atoms. The van der Waals surface area contributed by atoms with Gasteiger partial charge in [0.25, 0.3) is 0 Å². The Bertz CT molecular complexity index is 936. The number of rotatable bonds is 4. The molecule has 1 aliphatic heterocycles. The van der Waals surface area contributed by atoms with E-state index in [9.17, 15) is 0 Å². The largest absolute Gasteiger partial charge is 0.351 e. The smallest absolute Gasteiger partial charge is 0.174 e. The Labute approximate surface area is 169 Å². The first-order chi connectivity index (χ1) is 13.1. The zero-order valence-electron chi connectivity index (χ0n) is 15.2. The van der Waals surface area contributed by atoms with Crippen molar-refractivity contribution in [1.29, 1.82) is 0 Å². The van der Waals surface area contributed by atoms with Crippen molar-refractivity contribution in [1.82, 2.24) is 14.9 Å². The number of nitrogens with zero attached hydrogens (tertiary/aromatic N) is 3. The molecule has 0 saturated carbocycles. The van der Waals surface area contributed by atoms with E-state index >= 15 is 0 Å². The van der Waals surface area contributed by atoms with E-state index in [1.807, 2.05) is 48.7 Å². The molecule has 2 unspecified atom stereocenters. The lowest BCUT2D eigenvalue weighted by molar-refractivity contribution is 0.497. The predicted octanol–water partition coefficient (Wildman–Crippen LogP) is 5.29. The summed E-state index contributed by atoms with van der Waals surface area (Å²) in [5, 5.41) is 4.88. The molecule has 138 valence electrons. The van der Waals surface area contributed by atoms with Crippen molar-refractivity contribution < 1.29 is 0 Å². The molecule has 1 N–H and O–H groups in total. The van der Waals surface area contributed by atoms with Crippen molar-refractivity contribution in [2.75, 3.05) is 4.90 Å². The topological polar surface area (TPSA) is 33.1 Å². The van der Waals surface area contributed by atoms with Crippen LogP contribution in [0.5, 0.6) is 0 Å². The van der Waals surface area contributed by atoms with Crippen LogP contribution in [0.3, 0.4) is 0 Å². The van der Waals surface area contributed by atoms with E-state index in [0.29, 0.717) is 16.2 Å². The van der Waals surface area contributed by atoms with Crippen molar-refractivity contribution >= 4 is 34.6 Å². The van der Waals surface area contributed by atoms with Crippen molar-refractivity contribution in [3.8, 4) is 0 Å². The summed E-state index contributed by atoms with van der Waals surface area (Å²) >= 11 is 11.8. The molecule has 1 aliphatic rings. The van der Waals surface area contributed by atoms with E-state index in [1.54, 1.807) is 0 Å². The fraction of sp³-hybridized carbons (Fsp3) is 0.238. The van der Waals surface area contributed by atoms with E-state index in [4.69, 9.17) is 23.8 Å². The van der Waals surface area contributed by atoms with Crippen LogP contribution in [-0.4, -0.2) is 14.7 Å². The maximum Gasteiger partial charge on any atom is 0.174 e. The van der Waals surface area contributed by atoms with Gasteiger partial charge in [-0.1, -0.05) is 17.7 Å². The number of anilines is 1. The minimum absolute atomic E-state index is 0.00836. The molecule has 27 heavy (non-hydrogen) atoms. The van der Waals surface area contributed by atoms with Crippen molar-refractivity contribution in [2.24, 2.45) is 0 Å². The van der Waals surface area contributed by atoms with Crippen LogP contribution in [0.15, 0.2) is 67.0 Å². The molecule has 0 amide bonds. The van der Waals surface area contributed by atoms with Gasteiger partial charge in [-0.15, -0.1) is 0 Å². The van der Waals surface area contributed by atoms with Gasteiger partial charge in [0.15, 0.2) is 5.11 Å². The number of pyridine rings is 1. The van der Waals surface area contributed by atoms with E-state index < -0.39 is 0 Å². The number of aromatic nitrogens is 2. The first-order valence-corrected chi connectivity index (χ1v) is 9.78. The summed E-state index contributed by atoms with van der Waals surface area (Å²) in [6, 6.07) is 18.3. The van der Waals surface area contributed by atoms with E-state index in [1.165, 1.54) is 5.69 Å². The van der Waals surface area contributed by atoms with Crippen LogP contribution in [0.4, 0.5) is 5.69 Å². The Balaban J connectivity index is 1.85. The second-order valence-electron chi connectivity index (χ2n) is 6.91. The standard InChI is InChI=1S/C21H21ClN4S/c1-14(2)25-13-5-7-18(25)20-19(17-6-3-4-12-23-17)24-21(27)26(20)16-10-8-15(22)9-11-16/h3-14,19-20H,1-2H3,(H,24,27). The first-order valence-electron chi connectivity index (χ1n) is 8.99. The summed E-state index contributed by atoms with van der Waals surface area (Å²) in [7, 11) is 0. The van der Waals surface area contributed by atoms with Crippen molar-refractivity contribution in [3.63, 3.8) is 0 Å². The van der Waals surface area contributed by atoms with Crippen molar-refractivity contribution in [3.05, 3.63) is 83.4 Å². The lowest BCUT2D eigenvalue weighted by atomic mass is 10.0. The highest BCUT2D eigenvalue weighted by atomic mass is 35.5. The molecule has 2 atom stereocenters. The zero-order chi connectivity index (χ0) is 19.0. The average molecular weight is 397 g/mol. The average Bonchev–Trinajstić information content (AvgIpc) is 3.27. The summed E-state index contributed by atoms with van der Waals surface area (Å²) in [4.78, 5) is 6.76. The quantitative estimate of drug-likeness (QED) is 0.607. The van der Waals surface area contributed by atoms with E-state index in [2.05, 4.69) is 51.9 Å². The molecule has 0 aliphatic carbocycles. The van der Waals surface area contributed by atoms with Crippen LogP contribution in [0.1, 0.15) is 43.4 Å². The second kappa shape index (κ2) is 7.33. The molecule has 4 rings (SSSR count). The lowest BCUT2D eigenvalue weighted by Gasteiger charge is -2.29. The molecule has 1 aromatic carbocycles. The fourth-order valence-corrected chi connectivity index (χ4v) is 4.14. The molecule has 0 radical (unpaired) electrons. The van der Waals surface area contributed by atoms with Gasteiger partial charge >= 0.3 is 0 Å². The van der Waals surface area contributed by atoms with Gasteiger partial charge in [0.1, 0.15) is 6.04 Å². The summed E-state index contributed by atoms with van der Waals surface area (Å²) in [6.45, 7) is 4.37. The third kappa shape index (κ3) is 3.33. The van der Waals surface area contributed by atoms with Gasteiger partial charge in [0.05, 0.1) is 11.7 Å². The molecular formula is C21H21ClN4S. The first kappa shape index (κ1) is 18.0. The minimum Gasteiger partial charge on any atom is -0.351 e. The Morgan fingerprint density at radius 1 is 1.07 bits per heavy atom. The SMILES string of the molecule is CC(C)n1cccc1C1C(c2ccccn2)NC(=S)N1c1ccc(Cl)cc1. The lowest BCUT2D eigenvalue weighted by Crippen LogP contribution is -2.30. The van der Waals surface area contributed by atoms with Crippen LogP contribution >= 0.6 is 23.8 Å². The van der Waals surface area contributed by atoms with Gasteiger partial charge in [0.2, 0.25) is 0 Å². The molecule has 4 nitrogen and oxygen atoms in total. The Hall–Kier alpha value is -2.37. The summed E-state index contributed by atoms with van der Waals surface area (Å²) in [6.07, 6.45) is 3.94. The van der Waals surface area contributed by atoms with Crippen LogP contribution in [-0.2, 0) is 0 Å². The number of thiocarbonyl (C=S) groups is 1. The van der Waals surface area contributed by atoms with Gasteiger partial charge < -0.3 is 14.8 Å². The highest BCUT2D eigenvalue weighted by molar-refractivity contribution is 7.80. The second-order valence-corrected chi connectivity index (χ2v) is 7.73. The van der Waals surface area contributed by atoms with E-state index in [-0.39, 0.29) is 12.1 Å². The molecule has 0 spiro atoms. The Morgan fingerprint density at radius 2 is 1.85 bits per heavy atom. The minimum atomic E-state index is -0.0400. The number of hydrogen-bond donors (Lipinski definition) is 1. The van der Waals surface area contributed by atoms with Crippen molar-refractivity contribution in [2.45, 2.75) is 32.0 Å². The molecule has 2 aromatic heterocycles. The molecule has 3 aromatic rings. The van der Waals surface area contributed by atoms with E-state index in [0.717, 1.165) is 11.4 Å². The monoisotopic (exact) mass is 396 g/mol. The van der Waals surface area contributed by atoms with Crippen LogP contribution in [0, 0.1) is 0 Å². The molecule has 6 heteroatoms. The predicted molar refractivity (Wildman–Crippen MR) is 114 cm³/mol. The van der Waals surface area contributed by atoms with Crippen LogP contribution < -0.4 is 10.2 Å².